The van der Waals surface area contributed by atoms with Gasteiger partial charge in [-0.1, -0.05) is 12.1 Å². The summed E-state index contributed by atoms with van der Waals surface area (Å²) in [4.78, 5) is 6.86. The highest BCUT2D eigenvalue weighted by Gasteiger charge is 2.33. The molecule has 1 aromatic heterocycles. The molecular formula is C25H29F3N4. The second-order valence-corrected chi connectivity index (χ2v) is 8.49. The number of nitrogens with one attached hydrogen (secondary N) is 2. The highest BCUT2D eigenvalue weighted by molar-refractivity contribution is 5.93. The first-order valence-electron chi connectivity index (χ1n) is 11.0. The molecule has 1 atom stereocenters. The van der Waals surface area contributed by atoms with Crippen LogP contribution in [0.4, 0.5) is 24.5 Å². The van der Waals surface area contributed by atoms with Gasteiger partial charge in [0.25, 0.3) is 0 Å². The van der Waals surface area contributed by atoms with Gasteiger partial charge in [0.1, 0.15) is 0 Å². The minimum Gasteiger partial charge on any atom is -0.378 e. The van der Waals surface area contributed by atoms with Gasteiger partial charge in [0.15, 0.2) is 0 Å². The molecule has 170 valence electrons. The van der Waals surface area contributed by atoms with Crippen molar-refractivity contribution >= 4 is 22.3 Å². The Morgan fingerprint density at radius 3 is 2.53 bits per heavy atom. The zero-order chi connectivity index (χ0) is 22.9. The number of nitrogens with zero attached hydrogens (tertiary/aromatic N) is 2. The van der Waals surface area contributed by atoms with Crippen LogP contribution in [-0.4, -0.2) is 31.2 Å². The molecule has 4 rings (SSSR count). The topological polar surface area (TPSA) is 40.2 Å². The van der Waals surface area contributed by atoms with E-state index in [1.165, 1.54) is 13.0 Å². The number of hydrogen-bond donors (Lipinski definition) is 2. The molecular weight excluding hydrogens is 413 g/mol. The predicted molar refractivity (Wildman–Crippen MR) is 124 cm³/mol. The van der Waals surface area contributed by atoms with E-state index < -0.39 is 11.7 Å². The molecule has 7 heteroatoms. The van der Waals surface area contributed by atoms with Crippen LogP contribution in [-0.2, 0) is 6.18 Å². The fourth-order valence-corrected chi connectivity index (χ4v) is 4.62. The second kappa shape index (κ2) is 8.98. The molecule has 2 aromatic carbocycles. The van der Waals surface area contributed by atoms with E-state index in [-0.39, 0.29) is 11.6 Å². The van der Waals surface area contributed by atoms with Crippen LogP contribution in [0.5, 0.6) is 0 Å². The SMILES string of the molecule is CNC1CCN(c2ccc3nccc(N[C@H](C)c4cccc(C(F)(F)F)c4C)c3c2)CC1. The molecule has 2 N–H and O–H groups in total. The van der Waals surface area contributed by atoms with E-state index in [0.29, 0.717) is 11.6 Å². The van der Waals surface area contributed by atoms with Crippen LogP contribution in [0.3, 0.4) is 0 Å². The van der Waals surface area contributed by atoms with Gasteiger partial charge in [0.2, 0.25) is 0 Å². The number of alkyl halides is 3. The molecule has 32 heavy (non-hydrogen) atoms. The number of rotatable bonds is 5. The average molecular weight is 443 g/mol. The Bertz CT molecular complexity index is 1090. The van der Waals surface area contributed by atoms with E-state index in [0.717, 1.165) is 54.3 Å². The van der Waals surface area contributed by atoms with Crippen LogP contribution in [0.2, 0.25) is 0 Å². The Labute approximate surface area is 186 Å². The van der Waals surface area contributed by atoms with Crippen molar-refractivity contribution in [2.45, 2.75) is 44.9 Å². The maximum Gasteiger partial charge on any atom is 0.416 e. The van der Waals surface area contributed by atoms with Crippen LogP contribution in [0.1, 0.15) is 42.5 Å². The van der Waals surface area contributed by atoms with Crippen molar-refractivity contribution < 1.29 is 13.2 Å². The third-order valence-corrected chi connectivity index (χ3v) is 6.51. The lowest BCUT2D eigenvalue weighted by atomic mass is 9.97. The number of fused-ring (bicyclic) bond motifs is 1. The lowest BCUT2D eigenvalue weighted by molar-refractivity contribution is -0.138. The number of pyridine rings is 1. The zero-order valence-electron chi connectivity index (χ0n) is 18.6. The van der Waals surface area contributed by atoms with Crippen molar-refractivity contribution in [3.63, 3.8) is 0 Å². The van der Waals surface area contributed by atoms with Gasteiger partial charge in [-0.15, -0.1) is 0 Å². The number of halogens is 3. The largest absolute Gasteiger partial charge is 0.416 e. The fraction of sp³-hybridized carbons (Fsp3) is 0.400. The average Bonchev–Trinajstić information content (AvgIpc) is 2.78. The molecule has 2 heterocycles. The molecule has 0 aliphatic carbocycles. The molecule has 1 fully saturated rings. The molecule has 4 nitrogen and oxygen atoms in total. The van der Waals surface area contributed by atoms with Gasteiger partial charge in [-0.3, -0.25) is 4.98 Å². The van der Waals surface area contributed by atoms with Crippen molar-refractivity contribution in [1.82, 2.24) is 10.3 Å². The van der Waals surface area contributed by atoms with E-state index in [1.807, 2.05) is 26.1 Å². The summed E-state index contributed by atoms with van der Waals surface area (Å²) in [6.45, 7) is 5.40. The molecule has 3 aromatic rings. The smallest absolute Gasteiger partial charge is 0.378 e. The van der Waals surface area contributed by atoms with Gasteiger partial charge >= 0.3 is 6.18 Å². The van der Waals surface area contributed by atoms with E-state index in [9.17, 15) is 13.2 Å². The molecule has 0 unspecified atom stereocenters. The maximum absolute atomic E-state index is 13.4. The normalized spacial score (nSPS) is 16.4. The number of piperidine rings is 1. The van der Waals surface area contributed by atoms with Gasteiger partial charge in [-0.05, 0) is 75.2 Å². The summed E-state index contributed by atoms with van der Waals surface area (Å²) in [6.07, 6.45) is -0.440. The molecule has 0 radical (unpaired) electrons. The highest BCUT2D eigenvalue weighted by Crippen LogP contribution is 2.36. The van der Waals surface area contributed by atoms with E-state index in [4.69, 9.17) is 0 Å². The third kappa shape index (κ3) is 4.53. The number of aromatic nitrogens is 1. The number of benzene rings is 2. The molecule has 0 bridgehead atoms. The van der Waals surface area contributed by atoms with Gasteiger partial charge in [0.05, 0.1) is 11.1 Å². The van der Waals surface area contributed by atoms with Crippen LogP contribution < -0.4 is 15.5 Å². The minimum absolute atomic E-state index is 0.256. The standard InChI is InChI=1S/C25H29F3N4/c1-16-20(5-4-6-22(16)25(26,27)28)17(2)31-24-9-12-30-23-8-7-19(15-21(23)24)32-13-10-18(29-3)11-14-32/h4-9,12,15,17-18,29H,10-11,13-14H2,1-3H3,(H,30,31)/t17-/m1/s1. The molecule has 0 amide bonds. The first-order chi connectivity index (χ1) is 15.3. The second-order valence-electron chi connectivity index (χ2n) is 8.49. The summed E-state index contributed by atoms with van der Waals surface area (Å²) < 4.78 is 40.1. The summed E-state index contributed by atoms with van der Waals surface area (Å²) in [5.41, 5.74) is 3.17. The lowest BCUT2D eigenvalue weighted by Gasteiger charge is -2.33. The molecule has 1 saturated heterocycles. The monoisotopic (exact) mass is 442 g/mol. The number of anilines is 2. The van der Waals surface area contributed by atoms with Crippen LogP contribution in [0.25, 0.3) is 10.9 Å². The zero-order valence-corrected chi connectivity index (χ0v) is 18.6. The van der Waals surface area contributed by atoms with Crippen molar-refractivity contribution in [1.29, 1.82) is 0 Å². The Hall–Kier alpha value is -2.80. The lowest BCUT2D eigenvalue weighted by Crippen LogP contribution is -2.41. The molecule has 1 aliphatic rings. The Morgan fingerprint density at radius 2 is 1.84 bits per heavy atom. The van der Waals surface area contributed by atoms with Crippen molar-refractivity contribution in [3.8, 4) is 0 Å². The minimum atomic E-state index is -4.36. The summed E-state index contributed by atoms with van der Waals surface area (Å²) in [5, 5.41) is 7.75. The van der Waals surface area contributed by atoms with Gasteiger partial charge in [0, 0.05) is 48.1 Å². The van der Waals surface area contributed by atoms with Gasteiger partial charge in [-0.2, -0.15) is 13.2 Å². The summed E-state index contributed by atoms with van der Waals surface area (Å²) >= 11 is 0. The first-order valence-corrected chi connectivity index (χ1v) is 11.0. The summed E-state index contributed by atoms with van der Waals surface area (Å²) in [5.74, 6) is 0. The summed E-state index contributed by atoms with van der Waals surface area (Å²) in [6, 6.07) is 12.8. The van der Waals surface area contributed by atoms with Gasteiger partial charge < -0.3 is 15.5 Å². The molecule has 1 aliphatic heterocycles. The Balaban J connectivity index is 1.62. The first kappa shape index (κ1) is 22.4. The van der Waals surface area contributed by atoms with Crippen LogP contribution in [0, 0.1) is 6.92 Å². The van der Waals surface area contributed by atoms with E-state index in [1.54, 1.807) is 12.3 Å². The molecule has 0 spiro atoms. The number of hydrogen-bond acceptors (Lipinski definition) is 4. The van der Waals surface area contributed by atoms with Crippen LogP contribution in [0.15, 0.2) is 48.7 Å². The fourth-order valence-electron chi connectivity index (χ4n) is 4.62. The van der Waals surface area contributed by atoms with E-state index >= 15 is 0 Å². The maximum atomic E-state index is 13.4. The van der Waals surface area contributed by atoms with Crippen LogP contribution >= 0.6 is 0 Å². The quantitative estimate of drug-likeness (QED) is 0.514. The molecule has 0 saturated carbocycles. The van der Waals surface area contributed by atoms with E-state index in [2.05, 4.69) is 32.7 Å². The van der Waals surface area contributed by atoms with Crippen molar-refractivity contribution in [2.24, 2.45) is 0 Å². The summed E-state index contributed by atoms with van der Waals surface area (Å²) in [7, 11) is 2.01. The Morgan fingerprint density at radius 1 is 1.09 bits per heavy atom. The highest BCUT2D eigenvalue weighted by atomic mass is 19.4. The van der Waals surface area contributed by atoms with Gasteiger partial charge in [-0.25, -0.2) is 0 Å². The van der Waals surface area contributed by atoms with Crippen molar-refractivity contribution in [3.05, 3.63) is 65.4 Å². The third-order valence-electron chi connectivity index (χ3n) is 6.51. The Kier molecular flexibility index (Phi) is 6.29. The van der Waals surface area contributed by atoms with Crippen molar-refractivity contribution in [2.75, 3.05) is 30.4 Å². The predicted octanol–water partition coefficient (Wildman–Crippen LogP) is 5.92.